The first kappa shape index (κ1) is 14.9. The van der Waals surface area contributed by atoms with Crippen LogP contribution in [0.1, 0.15) is 25.3 Å². The van der Waals surface area contributed by atoms with Crippen molar-refractivity contribution < 1.29 is 13.2 Å². The summed E-state index contributed by atoms with van der Waals surface area (Å²) in [4.78, 5) is 6.73. The summed E-state index contributed by atoms with van der Waals surface area (Å²) in [6.07, 6.45) is -2.14. The maximum absolute atomic E-state index is 12.8. The molecule has 5 heteroatoms. The molecule has 1 atom stereocenters. The summed E-state index contributed by atoms with van der Waals surface area (Å²) in [6.45, 7) is 3.08. The van der Waals surface area contributed by atoms with Crippen molar-refractivity contribution in [3.63, 3.8) is 0 Å². The van der Waals surface area contributed by atoms with E-state index in [1.807, 2.05) is 12.1 Å². The van der Waals surface area contributed by atoms with Crippen LogP contribution in [0.5, 0.6) is 0 Å². The lowest BCUT2D eigenvalue weighted by Gasteiger charge is -2.23. The Morgan fingerprint density at radius 1 is 1.27 bits per heavy atom. The summed E-state index contributed by atoms with van der Waals surface area (Å²) < 4.78 is 38.4. The van der Waals surface area contributed by atoms with Gasteiger partial charge in [-0.15, -0.1) is 0 Å². The highest BCUT2D eigenvalue weighted by Gasteiger charge is 2.30. The number of anilines is 1. The molecule has 115 valence electrons. The number of alkyl halides is 3. The number of hydrogen-bond acceptors (Lipinski definition) is 2. The number of rotatable bonds is 2. The van der Waals surface area contributed by atoms with Crippen molar-refractivity contribution in [2.45, 2.75) is 32.0 Å². The lowest BCUT2D eigenvalue weighted by Crippen LogP contribution is -2.27. The van der Waals surface area contributed by atoms with Gasteiger partial charge in [0.15, 0.2) is 0 Å². The predicted octanol–water partition coefficient (Wildman–Crippen LogP) is 4.56. The topological polar surface area (TPSA) is 16.1 Å². The first-order valence-electron chi connectivity index (χ1n) is 7.27. The van der Waals surface area contributed by atoms with Crippen molar-refractivity contribution in [1.29, 1.82) is 0 Å². The Morgan fingerprint density at radius 3 is 2.77 bits per heavy atom. The second-order valence-electron chi connectivity index (χ2n) is 5.57. The molecular weight excluding hydrogens is 289 g/mol. The Balaban J connectivity index is 1.96. The summed E-state index contributed by atoms with van der Waals surface area (Å²) in [7, 11) is 0. The van der Waals surface area contributed by atoms with E-state index in [1.54, 1.807) is 6.07 Å². The molecule has 0 amide bonds. The summed E-state index contributed by atoms with van der Waals surface area (Å²) in [5, 5.41) is 0. The molecule has 0 bridgehead atoms. The maximum atomic E-state index is 12.8. The average Bonchev–Trinajstić information content (AvgIpc) is 2.93. The molecule has 0 saturated carbocycles. The normalized spacial score (nSPS) is 18.7. The fourth-order valence-corrected chi connectivity index (χ4v) is 2.80. The highest BCUT2D eigenvalue weighted by molar-refractivity contribution is 5.62. The van der Waals surface area contributed by atoms with E-state index in [2.05, 4.69) is 22.9 Å². The highest BCUT2D eigenvalue weighted by atomic mass is 19.4. The number of pyridine rings is 1. The van der Waals surface area contributed by atoms with Crippen LogP contribution in [-0.2, 0) is 6.18 Å². The van der Waals surface area contributed by atoms with E-state index in [4.69, 9.17) is 0 Å². The minimum Gasteiger partial charge on any atom is -0.354 e. The van der Waals surface area contributed by atoms with Gasteiger partial charge in [-0.05, 0) is 56.2 Å². The molecule has 1 saturated heterocycles. The van der Waals surface area contributed by atoms with E-state index in [0.29, 0.717) is 17.3 Å². The molecule has 1 fully saturated rings. The van der Waals surface area contributed by atoms with Crippen molar-refractivity contribution in [3.8, 4) is 11.3 Å². The third kappa shape index (κ3) is 2.93. The fourth-order valence-electron chi connectivity index (χ4n) is 2.80. The van der Waals surface area contributed by atoms with Crippen molar-refractivity contribution in [1.82, 2.24) is 4.98 Å². The van der Waals surface area contributed by atoms with Gasteiger partial charge in [0.2, 0.25) is 0 Å². The Kier molecular flexibility index (Phi) is 3.81. The minimum atomic E-state index is -4.37. The Bertz CT molecular complexity index is 667. The van der Waals surface area contributed by atoms with Crippen LogP contribution in [0, 0.1) is 6.07 Å². The second-order valence-corrected chi connectivity index (χ2v) is 5.57. The Hall–Kier alpha value is -2.04. The van der Waals surface area contributed by atoms with Crippen molar-refractivity contribution in [2.24, 2.45) is 0 Å². The van der Waals surface area contributed by atoms with Gasteiger partial charge in [0, 0.05) is 18.2 Å². The van der Waals surface area contributed by atoms with Gasteiger partial charge in [0.25, 0.3) is 0 Å². The van der Waals surface area contributed by atoms with Crippen molar-refractivity contribution >= 4 is 5.82 Å². The van der Waals surface area contributed by atoms with Gasteiger partial charge in [-0.2, -0.15) is 13.2 Å². The summed E-state index contributed by atoms with van der Waals surface area (Å²) >= 11 is 0. The molecule has 3 rings (SSSR count). The van der Waals surface area contributed by atoms with Crippen LogP contribution in [0.25, 0.3) is 11.3 Å². The standard InChI is InChI=1S/C17H16F3N2/c1-12-5-4-10-22(12)16-9-3-8-15(21-16)13-6-2-7-14(11-13)17(18,19)20/h3,6-9,11-12H,4-5,10H2,1H3. The predicted molar refractivity (Wildman–Crippen MR) is 79.6 cm³/mol. The van der Waals surface area contributed by atoms with Gasteiger partial charge >= 0.3 is 6.18 Å². The van der Waals surface area contributed by atoms with Crippen LogP contribution in [0.15, 0.2) is 36.4 Å². The van der Waals surface area contributed by atoms with E-state index < -0.39 is 11.7 Å². The molecule has 2 aromatic rings. The number of hydrogen-bond donors (Lipinski definition) is 0. The molecule has 2 heterocycles. The molecule has 0 aliphatic carbocycles. The molecule has 2 nitrogen and oxygen atoms in total. The first-order valence-corrected chi connectivity index (χ1v) is 7.27. The van der Waals surface area contributed by atoms with Crippen LogP contribution in [-0.4, -0.2) is 17.6 Å². The van der Waals surface area contributed by atoms with Gasteiger partial charge in [0.1, 0.15) is 5.82 Å². The van der Waals surface area contributed by atoms with Gasteiger partial charge in [0.05, 0.1) is 11.3 Å². The number of benzene rings is 1. The first-order chi connectivity index (χ1) is 10.4. The smallest absolute Gasteiger partial charge is 0.354 e. The number of nitrogens with zero attached hydrogens (tertiary/aromatic N) is 2. The van der Waals surface area contributed by atoms with E-state index in [1.165, 1.54) is 6.07 Å². The summed E-state index contributed by atoms with van der Waals surface area (Å²) in [6, 6.07) is 12.1. The van der Waals surface area contributed by atoms with Crippen LogP contribution < -0.4 is 4.90 Å². The third-order valence-electron chi connectivity index (χ3n) is 3.99. The monoisotopic (exact) mass is 305 g/mol. The van der Waals surface area contributed by atoms with Crippen LogP contribution in [0.2, 0.25) is 0 Å². The molecule has 0 N–H and O–H groups in total. The number of halogens is 3. The highest BCUT2D eigenvalue weighted by Crippen LogP contribution is 2.32. The molecule has 1 radical (unpaired) electrons. The zero-order chi connectivity index (χ0) is 15.7. The van der Waals surface area contributed by atoms with E-state index >= 15 is 0 Å². The summed E-state index contributed by atoms with van der Waals surface area (Å²) in [5.41, 5.74) is 0.272. The van der Waals surface area contributed by atoms with Gasteiger partial charge in [-0.1, -0.05) is 6.07 Å². The molecular formula is C17H16F3N2. The maximum Gasteiger partial charge on any atom is 0.416 e. The average molecular weight is 305 g/mol. The third-order valence-corrected chi connectivity index (χ3v) is 3.99. The molecule has 1 aromatic carbocycles. The van der Waals surface area contributed by atoms with Crippen LogP contribution >= 0.6 is 0 Å². The zero-order valence-corrected chi connectivity index (χ0v) is 12.2. The molecule has 1 aromatic heterocycles. The SMILES string of the molecule is CC1CCCN1c1cccc(-c2c[c]cc(C(F)(F)F)c2)n1. The number of aromatic nitrogens is 1. The van der Waals surface area contributed by atoms with Gasteiger partial charge < -0.3 is 4.90 Å². The quantitative estimate of drug-likeness (QED) is 0.809. The van der Waals surface area contributed by atoms with E-state index in [0.717, 1.165) is 37.3 Å². The van der Waals surface area contributed by atoms with Gasteiger partial charge in [-0.25, -0.2) is 4.98 Å². The van der Waals surface area contributed by atoms with Crippen molar-refractivity contribution in [2.75, 3.05) is 11.4 Å². The molecule has 22 heavy (non-hydrogen) atoms. The largest absolute Gasteiger partial charge is 0.416 e. The van der Waals surface area contributed by atoms with Crippen LogP contribution in [0.3, 0.4) is 0 Å². The molecule has 0 spiro atoms. The minimum absolute atomic E-state index is 0.413. The Morgan fingerprint density at radius 2 is 2.09 bits per heavy atom. The zero-order valence-electron chi connectivity index (χ0n) is 12.2. The second kappa shape index (κ2) is 5.63. The fraction of sp³-hybridized carbons (Fsp3) is 0.353. The lowest BCUT2D eigenvalue weighted by molar-refractivity contribution is -0.137. The van der Waals surface area contributed by atoms with Gasteiger partial charge in [-0.3, -0.25) is 0 Å². The van der Waals surface area contributed by atoms with Crippen molar-refractivity contribution in [3.05, 3.63) is 48.0 Å². The van der Waals surface area contributed by atoms with Crippen LogP contribution in [0.4, 0.5) is 19.0 Å². The molecule has 1 unspecified atom stereocenters. The molecule has 1 aliphatic heterocycles. The molecule has 1 aliphatic rings. The lowest BCUT2D eigenvalue weighted by atomic mass is 10.1. The van der Waals surface area contributed by atoms with E-state index in [-0.39, 0.29) is 0 Å². The van der Waals surface area contributed by atoms with E-state index in [9.17, 15) is 13.2 Å². The Labute approximate surface area is 127 Å². The summed E-state index contributed by atoms with van der Waals surface area (Å²) in [5.74, 6) is 0.819.